The van der Waals surface area contributed by atoms with Gasteiger partial charge in [0, 0.05) is 35.4 Å². The molecule has 0 spiro atoms. The summed E-state index contributed by atoms with van der Waals surface area (Å²) in [6.07, 6.45) is 2.15. The maximum absolute atomic E-state index is 12.3. The second-order valence-corrected chi connectivity index (χ2v) is 6.14. The van der Waals surface area contributed by atoms with Gasteiger partial charge in [0.25, 0.3) is 0 Å². The molecule has 0 atom stereocenters. The first-order valence-corrected chi connectivity index (χ1v) is 8.08. The van der Waals surface area contributed by atoms with Crippen LogP contribution in [0.4, 0.5) is 10.5 Å². The fourth-order valence-corrected chi connectivity index (χ4v) is 3.07. The van der Waals surface area contributed by atoms with Crippen molar-refractivity contribution in [2.24, 2.45) is 0 Å². The number of urea groups is 1. The molecule has 4 nitrogen and oxygen atoms in total. The van der Waals surface area contributed by atoms with E-state index in [-0.39, 0.29) is 6.03 Å². The van der Waals surface area contributed by atoms with Gasteiger partial charge in [0.05, 0.1) is 0 Å². The van der Waals surface area contributed by atoms with Gasteiger partial charge in [-0.2, -0.15) is 0 Å². The molecular weight excluding hydrogens is 309 g/mol. The van der Waals surface area contributed by atoms with Crippen molar-refractivity contribution in [3.8, 4) is 0 Å². The van der Waals surface area contributed by atoms with Crippen LogP contribution in [-0.2, 0) is 0 Å². The first kappa shape index (κ1) is 16.4. The molecule has 116 valence electrons. The third-order valence-corrected chi connectivity index (χ3v) is 3.97. The maximum Gasteiger partial charge on any atom is 0.321 e. The second-order valence-electron chi connectivity index (χ2n) is 5.27. The van der Waals surface area contributed by atoms with Gasteiger partial charge < -0.3 is 15.1 Å². The molecule has 1 aromatic carbocycles. The van der Waals surface area contributed by atoms with Gasteiger partial charge >= 0.3 is 6.03 Å². The zero-order chi connectivity index (χ0) is 15.2. The highest BCUT2D eigenvalue weighted by Crippen LogP contribution is 2.22. The van der Waals surface area contributed by atoms with Crippen LogP contribution in [0.3, 0.4) is 0 Å². The van der Waals surface area contributed by atoms with E-state index in [4.69, 9.17) is 23.2 Å². The average molecular weight is 330 g/mol. The van der Waals surface area contributed by atoms with Crippen molar-refractivity contribution in [1.29, 1.82) is 0 Å². The van der Waals surface area contributed by atoms with E-state index in [9.17, 15) is 4.79 Å². The molecule has 1 saturated heterocycles. The van der Waals surface area contributed by atoms with Crippen LogP contribution in [-0.4, -0.2) is 48.6 Å². The van der Waals surface area contributed by atoms with Crippen molar-refractivity contribution < 1.29 is 4.79 Å². The van der Waals surface area contributed by atoms with Crippen LogP contribution in [0, 0.1) is 0 Å². The Morgan fingerprint density at radius 1 is 1.14 bits per heavy atom. The summed E-state index contributed by atoms with van der Waals surface area (Å²) < 4.78 is 0. The van der Waals surface area contributed by atoms with Crippen LogP contribution in [0.1, 0.15) is 19.8 Å². The number of hydrogen-bond acceptors (Lipinski definition) is 2. The topological polar surface area (TPSA) is 35.6 Å². The van der Waals surface area contributed by atoms with Crippen LogP contribution in [0.5, 0.6) is 0 Å². The summed E-state index contributed by atoms with van der Waals surface area (Å²) in [4.78, 5) is 16.6. The number of rotatable bonds is 3. The number of amides is 2. The van der Waals surface area contributed by atoms with Gasteiger partial charge in [0.1, 0.15) is 0 Å². The van der Waals surface area contributed by atoms with Crippen molar-refractivity contribution in [2.75, 3.05) is 38.0 Å². The van der Waals surface area contributed by atoms with E-state index >= 15 is 0 Å². The zero-order valence-electron chi connectivity index (χ0n) is 12.2. The summed E-state index contributed by atoms with van der Waals surface area (Å²) in [6.45, 7) is 6.79. The summed E-state index contributed by atoms with van der Waals surface area (Å²) >= 11 is 11.9. The van der Waals surface area contributed by atoms with Gasteiger partial charge in [0.2, 0.25) is 0 Å². The van der Waals surface area contributed by atoms with Crippen LogP contribution in [0.25, 0.3) is 0 Å². The Hall–Kier alpha value is -0.970. The molecule has 0 saturated carbocycles. The fourth-order valence-electron chi connectivity index (χ4n) is 2.54. The molecule has 6 heteroatoms. The summed E-state index contributed by atoms with van der Waals surface area (Å²) in [5.74, 6) is 0. The van der Waals surface area contributed by atoms with E-state index in [2.05, 4.69) is 17.1 Å². The first-order valence-electron chi connectivity index (χ1n) is 7.33. The Morgan fingerprint density at radius 3 is 2.52 bits per heavy atom. The third kappa shape index (κ3) is 5.06. The monoisotopic (exact) mass is 329 g/mol. The summed E-state index contributed by atoms with van der Waals surface area (Å²) in [7, 11) is 0. The van der Waals surface area contributed by atoms with E-state index in [1.165, 1.54) is 0 Å². The van der Waals surface area contributed by atoms with E-state index in [0.29, 0.717) is 15.7 Å². The normalized spacial score (nSPS) is 16.6. The Balaban J connectivity index is 1.93. The van der Waals surface area contributed by atoms with Crippen LogP contribution >= 0.6 is 23.2 Å². The molecule has 0 aromatic heterocycles. The Labute approximate surface area is 136 Å². The number of carbonyl (C=O) groups is 1. The van der Waals surface area contributed by atoms with Crippen LogP contribution < -0.4 is 5.32 Å². The van der Waals surface area contributed by atoms with Crippen molar-refractivity contribution in [1.82, 2.24) is 9.80 Å². The first-order chi connectivity index (χ1) is 10.1. The largest absolute Gasteiger partial charge is 0.323 e. The van der Waals surface area contributed by atoms with Crippen LogP contribution in [0.15, 0.2) is 18.2 Å². The zero-order valence-corrected chi connectivity index (χ0v) is 13.8. The van der Waals surface area contributed by atoms with E-state index in [1.807, 2.05) is 4.90 Å². The van der Waals surface area contributed by atoms with Gasteiger partial charge in [-0.15, -0.1) is 0 Å². The molecule has 1 aliphatic rings. The van der Waals surface area contributed by atoms with Crippen LogP contribution in [0.2, 0.25) is 10.0 Å². The van der Waals surface area contributed by atoms with Crippen molar-refractivity contribution >= 4 is 34.9 Å². The number of benzene rings is 1. The Morgan fingerprint density at radius 2 is 1.86 bits per heavy atom. The number of nitrogens with one attached hydrogen (secondary N) is 1. The molecule has 0 radical (unpaired) electrons. The van der Waals surface area contributed by atoms with E-state index < -0.39 is 0 Å². The summed E-state index contributed by atoms with van der Waals surface area (Å²) in [5.41, 5.74) is 0.632. The lowest BCUT2D eigenvalue weighted by Gasteiger charge is -2.22. The lowest BCUT2D eigenvalue weighted by atomic mass is 10.3. The molecule has 2 amide bonds. The summed E-state index contributed by atoms with van der Waals surface area (Å²) in [5, 5.41) is 3.90. The van der Waals surface area contributed by atoms with E-state index in [0.717, 1.165) is 45.6 Å². The van der Waals surface area contributed by atoms with Gasteiger partial charge in [-0.1, -0.05) is 30.1 Å². The number of nitrogens with zero attached hydrogens (tertiary/aromatic N) is 2. The highest BCUT2D eigenvalue weighted by atomic mass is 35.5. The Bertz CT molecular complexity index is 476. The van der Waals surface area contributed by atoms with Crippen molar-refractivity contribution in [3.05, 3.63) is 28.2 Å². The molecule has 1 heterocycles. The molecule has 1 N–H and O–H groups in total. The van der Waals surface area contributed by atoms with E-state index in [1.54, 1.807) is 18.2 Å². The second kappa shape index (κ2) is 7.87. The van der Waals surface area contributed by atoms with Gasteiger partial charge in [0.15, 0.2) is 0 Å². The number of halogens is 2. The third-order valence-electron chi connectivity index (χ3n) is 3.53. The molecule has 1 aromatic rings. The number of carbonyl (C=O) groups excluding carboxylic acids is 1. The molecular formula is C15H21Cl2N3O. The summed E-state index contributed by atoms with van der Waals surface area (Å²) in [6, 6.07) is 4.96. The molecule has 1 aliphatic heterocycles. The smallest absolute Gasteiger partial charge is 0.321 e. The minimum Gasteiger partial charge on any atom is -0.323 e. The number of anilines is 1. The Kier molecular flexibility index (Phi) is 6.15. The molecule has 0 bridgehead atoms. The minimum absolute atomic E-state index is 0.0910. The lowest BCUT2D eigenvalue weighted by Crippen LogP contribution is -2.38. The van der Waals surface area contributed by atoms with Crippen molar-refractivity contribution in [3.63, 3.8) is 0 Å². The highest BCUT2D eigenvalue weighted by molar-refractivity contribution is 6.35. The molecule has 21 heavy (non-hydrogen) atoms. The highest BCUT2D eigenvalue weighted by Gasteiger charge is 2.18. The molecule has 1 fully saturated rings. The predicted molar refractivity (Wildman–Crippen MR) is 88.4 cm³/mol. The molecule has 0 aliphatic carbocycles. The quantitative estimate of drug-likeness (QED) is 0.911. The lowest BCUT2D eigenvalue weighted by molar-refractivity contribution is 0.211. The van der Waals surface area contributed by atoms with Gasteiger partial charge in [-0.05, 0) is 44.1 Å². The maximum atomic E-state index is 12.3. The van der Waals surface area contributed by atoms with Gasteiger partial charge in [-0.3, -0.25) is 0 Å². The van der Waals surface area contributed by atoms with Gasteiger partial charge in [-0.25, -0.2) is 4.79 Å². The molecule has 2 rings (SSSR count). The van der Waals surface area contributed by atoms with Crippen molar-refractivity contribution in [2.45, 2.75) is 19.8 Å². The predicted octanol–water partition coefficient (Wildman–Crippen LogP) is 3.94. The molecule has 0 unspecified atom stereocenters. The minimum atomic E-state index is -0.0910. The SMILES string of the molecule is CCCN1CCCN(C(=O)Nc2cc(Cl)cc(Cl)c2)CC1. The average Bonchev–Trinajstić information content (AvgIpc) is 2.63. The number of hydrogen-bond donors (Lipinski definition) is 1. The standard InChI is InChI=1S/C15H21Cl2N3O/c1-2-4-19-5-3-6-20(8-7-19)15(21)18-14-10-12(16)9-13(17)11-14/h9-11H,2-8H2,1H3,(H,18,21). The fraction of sp³-hybridized carbons (Fsp3) is 0.533.